The van der Waals surface area contributed by atoms with Crippen LogP contribution >= 0.6 is 7.82 Å². The molecule has 0 rings (SSSR count). The van der Waals surface area contributed by atoms with Crippen LogP contribution in [0.1, 0.15) is 290 Å². The molecule has 5 N–H and O–H groups in total. The van der Waals surface area contributed by atoms with Gasteiger partial charge in [-0.15, -0.1) is 0 Å². The number of phosphoric acid groups is 1. The summed E-state index contributed by atoms with van der Waals surface area (Å²) in [6.07, 6.45) is 58.6. The van der Waals surface area contributed by atoms with Crippen LogP contribution in [-0.2, 0) is 18.4 Å². The molecule has 0 bridgehead atoms. The van der Waals surface area contributed by atoms with Crippen LogP contribution in [0.5, 0.6) is 0 Å². The monoisotopic (exact) mass is 899 g/mol. The number of carbonyl (C=O) groups is 1. The van der Waals surface area contributed by atoms with E-state index in [1.54, 1.807) is 6.08 Å². The van der Waals surface area contributed by atoms with Crippen molar-refractivity contribution in [2.75, 3.05) is 19.8 Å². The molecule has 0 heterocycles. The van der Waals surface area contributed by atoms with Crippen LogP contribution in [0.4, 0.5) is 0 Å². The normalized spacial score (nSPS) is 13.8. The van der Waals surface area contributed by atoms with Crippen LogP contribution in [0.2, 0.25) is 0 Å². The Morgan fingerprint density at radius 1 is 0.516 bits per heavy atom. The lowest BCUT2D eigenvalue weighted by Gasteiger charge is -2.23. The zero-order chi connectivity index (χ0) is 45.3. The fourth-order valence-electron chi connectivity index (χ4n) is 8.49. The molecule has 0 radical (unpaired) electrons. The average Bonchev–Trinajstić information content (AvgIpc) is 3.26. The molecule has 0 aromatic rings. The van der Waals surface area contributed by atoms with Crippen molar-refractivity contribution >= 4 is 13.7 Å². The number of carbonyl (C=O) groups excluding carboxylic acids is 1. The van der Waals surface area contributed by atoms with E-state index >= 15 is 0 Å². The molecular formula is C53H107N2O6P. The van der Waals surface area contributed by atoms with Crippen molar-refractivity contribution in [3.8, 4) is 0 Å². The van der Waals surface area contributed by atoms with Gasteiger partial charge in [0.25, 0.3) is 0 Å². The maximum atomic E-state index is 12.8. The summed E-state index contributed by atoms with van der Waals surface area (Å²) < 4.78 is 22.2. The fraction of sp³-hybridized carbons (Fsp3) is 0.943. The van der Waals surface area contributed by atoms with E-state index in [0.29, 0.717) is 6.42 Å². The van der Waals surface area contributed by atoms with Gasteiger partial charge in [-0.25, -0.2) is 4.57 Å². The topological polar surface area (TPSA) is 131 Å². The minimum atomic E-state index is -4.34. The molecule has 1 unspecified atom stereocenters. The summed E-state index contributed by atoms with van der Waals surface area (Å²) in [5, 5.41) is 13.7. The number of hydrogen-bond donors (Lipinski definition) is 4. The molecular weight excluding hydrogens is 792 g/mol. The zero-order valence-electron chi connectivity index (χ0n) is 41.4. The van der Waals surface area contributed by atoms with Gasteiger partial charge in [-0.05, 0) is 19.3 Å². The first-order valence-corrected chi connectivity index (χ1v) is 28.8. The van der Waals surface area contributed by atoms with Crippen LogP contribution in [0.25, 0.3) is 0 Å². The van der Waals surface area contributed by atoms with Crippen molar-refractivity contribution in [2.45, 2.75) is 302 Å². The second-order valence-electron chi connectivity index (χ2n) is 18.8. The van der Waals surface area contributed by atoms with E-state index in [-0.39, 0.29) is 25.7 Å². The molecule has 9 heteroatoms. The predicted octanol–water partition coefficient (Wildman–Crippen LogP) is 16.3. The lowest BCUT2D eigenvalue weighted by atomic mass is 10.0. The molecule has 0 aliphatic carbocycles. The average molecular weight is 899 g/mol. The fourth-order valence-corrected chi connectivity index (χ4v) is 9.25. The van der Waals surface area contributed by atoms with Crippen molar-refractivity contribution in [3.05, 3.63) is 12.2 Å². The molecule has 370 valence electrons. The van der Waals surface area contributed by atoms with Crippen LogP contribution in [0.15, 0.2) is 12.2 Å². The summed E-state index contributed by atoms with van der Waals surface area (Å²) in [4.78, 5) is 22.8. The summed E-state index contributed by atoms with van der Waals surface area (Å²) in [5.74, 6) is -0.187. The molecule has 0 aliphatic heterocycles. The molecule has 3 atom stereocenters. The quantitative estimate of drug-likeness (QED) is 0.0272. The molecule has 0 fully saturated rings. The Morgan fingerprint density at radius 3 is 1.15 bits per heavy atom. The van der Waals surface area contributed by atoms with Gasteiger partial charge < -0.3 is 21.1 Å². The van der Waals surface area contributed by atoms with Crippen LogP contribution in [0, 0.1) is 0 Å². The summed E-state index contributed by atoms with van der Waals surface area (Å²) in [7, 11) is -4.34. The van der Waals surface area contributed by atoms with E-state index < -0.39 is 20.0 Å². The first-order valence-electron chi connectivity index (χ1n) is 27.3. The maximum Gasteiger partial charge on any atom is 0.472 e. The largest absolute Gasteiger partial charge is 0.472 e. The third kappa shape index (κ3) is 47.2. The first kappa shape index (κ1) is 61.2. The van der Waals surface area contributed by atoms with E-state index in [4.69, 9.17) is 14.8 Å². The highest BCUT2D eigenvalue weighted by Gasteiger charge is 2.27. The molecule has 0 saturated heterocycles. The van der Waals surface area contributed by atoms with E-state index in [1.165, 1.54) is 231 Å². The van der Waals surface area contributed by atoms with Gasteiger partial charge in [-0.2, -0.15) is 0 Å². The number of phosphoric ester groups is 1. The number of unbranched alkanes of at least 4 members (excludes halogenated alkanes) is 40. The number of hydrogen-bond acceptors (Lipinski definition) is 6. The van der Waals surface area contributed by atoms with Crippen molar-refractivity contribution in [1.29, 1.82) is 0 Å². The van der Waals surface area contributed by atoms with Crippen LogP contribution in [0.3, 0.4) is 0 Å². The van der Waals surface area contributed by atoms with Crippen molar-refractivity contribution in [3.63, 3.8) is 0 Å². The smallest absolute Gasteiger partial charge is 0.387 e. The van der Waals surface area contributed by atoms with Crippen LogP contribution in [-0.4, -0.2) is 47.8 Å². The number of nitrogens with two attached hydrogens (primary N) is 1. The van der Waals surface area contributed by atoms with Crippen molar-refractivity contribution < 1.29 is 28.4 Å². The Bertz CT molecular complexity index is 984. The Labute approximate surface area is 385 Å². The van der Waals surface area contributed by atoms with E-state index in [0.717, 1.165) is 38.5 Å². The van der Waals surface area contributed by atoms with E-state index in [1.807, 2.05) is 6.08 Å². The van der Waals surface area contributed by atoms with Gasteiger partial charge in [-0.1, -0.05) is 276 Å². The SMILES string of the molecule is CCCCCCCCCCCCCCCC/C=C/[C@@H](O)[C@H](COP(=O)(O)OCCN)NC(=O)CCCCCCCCCCCCCCCCCCCCCCCCCCCCC. The minimum absolute atomic E-state index is 0.0817. The molecule has 0 aliphatic rings. The highest BCUT2D eigenvalue weighted by Crippen LogP contribution is 2.43. The highest BCUT2D eigenvalue weighted by atomic mass is 31.2. The van der Waals surface area contributed by atoms with Crippen molar-refractivity contribution in [2.24, 2.45) is 5.73 Å². The minimum Gasteiger partial charge on any atom is -0.387 e. The molecule has 0 aromatic carbocycles. The van der Waals surface area contributed by atoms with Crippen LogP contribution < -0.4 is 11.1 Å². The number of amides is 1. The molecule has 1 amide bonds. The summed E-state index contributed by atoms with van der Waals surface area (Å²) >= 11 is 0. The van der Waals surface area contributed by atoms with E-state index in [9.17, 15) is 19.4 Å². The zero-order valence-corrected chi connectivity index (χ0v) is 42.3. The third-order valence-electron chi connectivity index (χ3n) is 12.6. The Morgan fingerprint density at radius 2 is 0.823 bits per heavy atom. The van der Waals surface area contributed by atoms with E-state index in [2.05, 4.69) is 19.2 Å². The molecule has 8 nitrogen and oxygen atoms in total. The highest BCUT2D eigenvalue weighted by molar-refractivity contribution is 7.47. The molecule has 0 aromatic heterocycles. The Balaban J connectivity index is 3.94. The summed E-state index contributed by atoms with van der Waals surface area (Å²) in [6, 6.07) is -0.856. The van der Waals surface area contributed by atoms with Crippen molar-refractivity contribution in [1.82, 2.24) is 5.32 Å². The predicted molar refractivity (Wildman–Crippen MR) is 268 cm³/mol. The Kier molecular flexibility index (Phi) is 49.1. The molecule has 0 saturated carbocycles. The number of allylic oxidation sites excluding steroid dienone is 1. The van der Waals surface area contributed by atoms with Gasteiger partial charge in [0.15, 0.2) is 0 Å². The first-order chi connectivity index (χ1) is 30.4. The van der Waals surface area contributed by atoms with Gasteiger partial charge in [0.2, 0.25) is 5.91 Å². The standard InChI is InChI=1S/C53H107N2O6P/c1-3-5-7-9-11-13-15-17-19-21-22-23-24-25-26-27-28-29-30-31-33-35-37-39-41-43-45-47-53(57)55-51(50-61-62(58,59)60-49-48-54)52(56)46-44-42-40-38-36-34-32-20-18-16-14-12-10-8-6-4-2/h44,46,51-52,56H,3-43,45,47-50,54H2,1-2H3,(H,55,57)(H,58,59)/b46-44+/t51-,52+/m0/s1. The lowest BCUT2D eigenvalue weighted by molar-refractivity contribution is -0.123. The number of nitrogens with one attached hydrogen (secondary N) is 1. The Hall–Kier alpha value is -0.760. The summed E-state index contributed by atoms with van der Waals surface area (Å²) in [5.41, 5.74) is 5.40. The molecule has 0 spiro atoms. The number of aliphatic hydroxyl groups excluding tert-OH is 1. The second kappa shape index (κ2) is 49.7. The number of rotatable bonds is 52. The maximum absolute atomic E-state index is 12.8. The van der Waals surface area contributed by atoms with Gasteiger partial charge in [0.1, 0.15) is 0 Å². The second-order valence-corrected chi connectivity index (χ2v) is 20.3. The van der Waals surface area contributed by atoms with Gasteiger partial charge in [0, 0.05) is 13.0 Å². The molecule has 62 heavy (non-hydrogen) atoms. The lowest BCUT2D eigenvalue weighted by Crippen LogP contribution is -2.45. The van der Waals surface area contributed by atoms with Gasteiger partial charge in [-0.3, -0.25) is 13.8 Å². The third-order valence-corrected chi connectivity index (χ3v) is 13.6. The summed E-state index contributed by atoms with van der Waals surface area (Å²) in [6.45, 7) is 4.19. The number of aliphatic hydroxyl groups is 1. The van der Waals surface area contributed by atoms with Gasteiger partial charge >= 0.3 is 7.82 Å². The van der Waals surface area contributed by atoms with Gasteiger partial charge in [0.05, 0.1) is 25.4 Å².